The first-order chi connectivity index (χ1) is 15.8. The Hall–Kier alpha value is -3.75. The third-order valence-corrected chi connectivity index (χ3v) is 4.62. The van der Waals surface area contributed by atoms with Gasteiger partial charge in [0.05, 0.1) is 13.7 Å². The maximum atomic E-state index is 12.6. The summed E-state index contributed by atoms with van der Waals surface area (Å²) in [5.74, 6) is -0.438. The molecule has 0 fully saturated rings. The maximum absolute atomic E-state index is 12.6. The number of ether oxygens (including phenoxy) is 3. The van der Waals surface area contributed by atoms with Crippen LogP contribution in [0.15, 0.2) is 48.5 Å². The first kappa shape index (κ1) is 25.5. The van der Waals surface area contributed by atoms with Crippen LogP contribution in [-0.2, 0) is 16.1 Å². The van der Waals surface area contributed by atoms with Gasteiger partial charge in [-0.1, -0.05) is 51.1 Å². The van der Waals surface area contributed by atoms with E-state index in [0.29, 0.717) is 18.1 Å². The Balaban J connectivity index is 1.91. The van der Waals surface area contributed by atoms with E-state index in [1.165, 1.54) is 13.2 Å². The minimum atomic E-state index is -0.909. The molecule has 0 radical (unpaired) electrons. The van der Waals surface area contributed by atoms with Crippen molar-refractivity contribution in [2.24, 2.45) is 5.92 Å². The third kappa shape index (κ3) is 8.03. The van der Waals surface area contributed by atoms with Crippen molar-refractivity contribution in [2.75, 3.05) is 13.7 Å². The zero-order chi connectivity index (χ0) is 24.2. The van der Waals surface area contributed by atoms with Crippen LogP contribution in [0.2, 0.25) is 0 Å². The van der Waals surface area contributed by atoms with Crippen LogP contribution in [0, 0.1) is 5.92 Å². The van der Waals surface area contributed by atoms with Gasteiger partial charge < -0.3 is 19.5 Å². The Bertz CT molecular complexity index is 933. The first-order valence-corrected chi connectivity index (χ1v) is 10.7. The molecule has 0 saturated carbocycles. The van der Waals surface area contributed by atoms with Gasteiger partial charge in [-0.2, -0.15) is 0 Å². The van der Waals surface area contributed by atoms with E-state index in [9.17, 15) is 14.4 Å². The molecule has 3 N–H and O–H groups in total. The van der Waals surface area contributed by atoms with Crippen molar-refractivity contribution in [1.29, 1.82) is 0 Å². The number of amides is 3. The fourth-order valence-electron chi connectivity index (χ4n) is 2.84. The molecular formula is C24H31N3O6. The number of carbonyl (C=O) groups is 3. The number of hydrogen-bond acceptors (Lipinski definition) is 6. The highest BCUT2D eigenvalue weighted by molar-refractivity contribution is 5.96. The van der Waals surface area contributed by atoms with E-state index in [-0.39, 0.29) is 18.1 Å². The van der Waals surface area contributed by atoms with Gasteiger partial charge >= 0.3 is 6.09 Å². The largest absolute Gasteiger partial charge is 0.493 e. The lowest BCUT2D eigenvalue weighted by molar-refractivity contribution is -0.124. The van der Waals surface area contributed by atoms with Crippen LogP contribution >= 0.6 is 0 Å². The lowest BCUT2D eigenvalue weighted by atomic mass is 10.0. The van der Waals surface area contributed by atoms with Gasteiger partial charge in [-0.15, -0.1) is 0 Å². The Morgan fingerprint density at radius 3 is 2.33 bits per heavy atom. The summed E-state index contributed by atoms with van der Waals surface area (Å²) in [6, 6.07) is 13.0. The molecule has 0 spiro atoms. The van der Waals surface area contributed by atoms with Gasteiger partial charge in [0.1, 0.15) is 12.6 Å². The molecule has 0 saturated heterocycles. The average molecular weight is 458 g/mol. The molecular weight excluding hydrogens is 426 g/mol. The number of benzene rings is 2. The van der Waals surface area contributed by atoms with Crippen molar-refractivity contribution in [3.8, 4) is 11.5 Å². The number of carbonyl (C=O) groups excluding carboxylic acids is 3. The van der Waals surface area contributed by atoms with E-state index in [1.807, 2.05) is 37.3 Å². The average Bonchev–Trinajstić information content (AvgIpc) is 2.83. The summed E-state index contributed by atoms with van der Waals surface area (Å²) in [4.78, 5) is 37.2. The zero-order valence-corrected chi connectivity index (χ0v) is 19.3. The van der Waals surface area contributed by atoms with Gasteiger partial charge in [0.25, 0.3) is 11.8 Å². The van der Waals surface area contributed by atoms with E-state index in [4.69, 9.17) is 14.2 Å². The van der Waals surface area contributed by atoms with Gasteiger partial charge in [0, 0.05) is 5.56 Å². The highest BCUT2D eigenvalue weighted by Crippen LogP contribution is 2.28. The second-order valence-corrected chi connectivity index (χ2v) is 7.59. The number of methoxy groups -OCH3 is 1. The normalized spacial score (nSPS) is 11.3. The monoisotopic (exact) mass is 457 g/mol. The summed E-state index contributed by atoms with van der Waals surface area (Å²) in [7, 11) is 1.48. The lowest BCUT2D eigenvalue weighted by Crippen LogP contribution is -2.54. The van der Waals surface area contributed by atoms with Crippen LogP contribution in [0.3, 0.4) is 0 Å². The molecule has 178 valence electrons. The number of hydrogen-bond donors (Lipinski definition) is 3. The number of hydrazine groups is 1. The Morgan fingerprint density at radius 2 is 1.70 bits per heavy atom. The van der Waals surface area contributed by atoms with E-state index in [2.05, 4.69) is 16.2 Å². The summed E-state index contributed by atoms with van der Waals surface area (Å²) in [6.45, 7) is 6.12. The van der Waals surface area contributed by atoms with Crippen molar-refractivity contribution in [3.05, 3.63) is 59.7 Å². The molecule has 0 aliphatic carbocycles. The van der Waals surface area contributed by atoms with E-state index >= 15 is 0 Å². The van der Waals surface area contributed by atoms with Crippen molar-refractivity contribution in [2.45, 2.75) is 39.8 Å². The van der Waals surface area contributed by atoms with Crippen LogP contribution in [0.5, 0.6) is 11.5 Å². The predicted octanol–water partition coefficient (Wildman–Crippen LogP) is 3.20. The van der Waals surface area contributed by atoms with Crippen molar-refractivity contribution >= 4 is 17.9 Å². The molecule has 2 aromatic rings. The first-order valence-electron chi connectivity index (χ1n) is 10.7. The van der Waals surface area contributed by atoms with E-state index in [1.54, 1.807) is 26.0 Å². The Labute approximate surface area is 193 Å². The van der Waals surface area contributed by atoms with Gasteiger partial charge in [0.15, 0.2) is 11.5 Å². The minimum absolute atomic E-state index is 0.0790. The Kier molecular flexibility index (Phi) is 10.0. The van der Waals surface area contributed by atoms with Gasteiger partial charge in [-0.25, -0.2) is 4.79 Å². The standard InChI is InChI=1S/C24H31N3O6/c1-5-13-32-19-12-11-18(14-20(19)31-4)22(28)26-27-23(29)21(16(2)3)25-24(30)33-15-17-9-7-6-8-10-17/h6-12,14,16,21H,5,13,15H2,1-4H3,(H,25,30)(H,26,28)(H,27,29)/t21-/m0/s1. The number of nitrogens with one attached hydrogen (secondary N) is 3. The topological polar surface area (TPSA) is 115 Å². The lowest BCUT2D eigenvalue weighted by Gasteiger charge is -2.21. The second-order valence-electron chi connectivity index (χ2n) is 7.59. The van der Waals surface area contributed by atoms with Gasteiger partial charge in [-0.3, -0.25) is 20.4 Å². The molecule has 0 heterocycles. The molecule has 9 heteroatoms. The second kappa shape index (κ2) is 12.9. The quantitative estimate of drug-likeness (QED) is 0.472. The highest BCUT2D eigenvalue weighted by Gasteiger charge is 2.25. The summed E-state index contributed by atoms with van der Waals surface area (Å²) >= 11 is 0. The molecule has 3 amide bonds. The number of rotatable bonds is 10. The van der Waals surface area contributed by atoms with Crippen LogP contribution < -0.4 is 25.6 Å². The van der Waals surface area contributed by atoms with Crippen LogP contribution in [-0.4, -0.2) is 37.7 Å². The fraction of sp³-hybridized carbons (Fsp3) is 0.375. The van der Waals surface area contributed by atoms with Crippen molar-refractivity contribution < 1.29 is 28.6 Å². The number of alkyl carbamates (subject to hydrolysis) is 1. The highest BCUT2D eigenvalue weighted by atomic mass is 16.5. The Morgan fingerprint density at radius 1 is 0.970 bits per heavy atom. The van der Waals surface area contributed by atoms with Crippen LogP contribution in [0.1, 0.15) is 43.1 Å². The molecule has 1 atom stereocenters. The van der Waals surface area contributed by atoms with E-state index in [0.717, 1.165) is 12.0 Å². The SMILES string of the molecule is CCCOc1ccc(C(=O)NNC(=O)[C@@H](NC(=O)OCc2ccccc2)C(C)C)cc1OC. The minimum Gasteiger partial charge on any atom is -0.493 e. The zero-order valence-electron chi connectivity index (χ0n) is 19.3. The van der Waals surface area contributed by atoms with Crippen LogP contribution in [0.4, 0.5) is 4.79 Å². The fourth-order valence-corrected chi connectivity index (χ4v) is 2.84. The van der Waals surface area contributed by atoms with Gasteiger partial charge in [0.2, 0.25) is 0 Å². The molecule has 2 rings (SSSR count). The molecule has 0 aromatic heterocycles. The van der Waals surface area contributed by atoms with E-state index < -0.39 is 23.9 Å². The molecule has 2 aromatic carbocycles. The smallest absolute Gasteiger partial charge is 0.408 e. The molecule has 0 aliphatic rings. The van der Waals surface area contributed by atoms with Crippen molar-refractivity contribution in [3.63, 3.8) is 0 Å². The molecule has 0 bridgehead atoms. The molecule has 9 nitrogen and oxygen atoms in total. The summed E-state index contributed by atoms with van der Waals surface area (Å²) in [6.07, 6.45) is 0.105. The predicted molar refractivity (Wildman–Crippen MR) is 123 cm³/mol. The summed E-state index contributed by atoms with van der Waals surface area (Å²) in [5, 5.41) is 2.53. The summed E-state index contributed by atoms with van der Waals surface area (Å²) in [5.41, 5.74) is 5.80. The molecule has 33 heavy (non-hydrogen) atoms. The molecule has 0 aliphatic heterocycles. The molecule has 0 unspecified atom stereocenters. The van der Waals surface area contributed by atoms with Crippen LogP contribution in [0.25, 0.3) is 0 Å². The van der Waals surface area contributed by atoms with Crippen molar-refractivity contribution in [1.82, 2.24) is 16.2 Å². The van der Waals surface area contributed by atoms with Gasteiger partial charge in [-0.05, 0) is 36.1 Å². The maximum Gasteiger partial charge on any atom is 0.408 e. The third-order valence-electron chi connectivity index (χ3n) is 4.62. The summed E-state index contributed by atoms with van der Waals surface area (Å²) < 4.78 is 16.0.